The van der Waals surface area contributed by atoms with Gasteiger partial charge in [-0.15, -0.1) is 0 Å². The molecular formula is C11H18F2N4O2S. The topological polar surface area (TPSA) is 67.2 Å². The molecule has 1 N–H and O–H groups in total. The Hall–Kier alpha value is -1.06. The Balaban J connectivity index is 2.14. The quantitative estimate of drug-likeness (QED) is 0.861. The van der Waals surface area contributed by atoms with Crippen LogP contribution in [0.4, 0.5) is 8.78 Å². The van der Waals surface area contributed by atoms with E-state index in [1.165, 1.54) is 11.4 Å². The molecule has 0 aliphatic carbocycles. The third kappa shape index (κ3) is 3.33. The second kappa shape index (κ2) is 6.15. The van der Waals surface area contributed by atoms with Crippen molar-refractivity contribution in [3.8, 4) is 0 Å². The average Bonchev–Trinajstić information content (AvgIpc) is 2.87. The maximum Gasteiger partial charge on any atom is 0.257 e. The third-order valence-electron chi connectivity index (χ3n) is 3.43. The third-order valence-corrected chi connectivity index (χ3v) is 5.30. The van der Waals surface area contributed by atoms with Crippen molar-refractivity contribution in [2.75, 3.05) is 20.1 Å². The van der Waals surface area contributed by atoms with E-state index >= 15 is 0 Å². The highest BCUT2D eigenvalue weighted by Crippen LogP contribution is 2.20. The van der Waals surface area contributed by atoms with E-state index in [1.807, 2.05) is 0 Å². The van der Waals surface area contributed by atoms with Gasteiger partial charge in [-0.05, 0) is 25.9 Å². The van der Waals surface area contributed by atoms with Gasteiger partial charge >= 0.3 is 0 Å². The highest BCUT2D eigenvalue weighted by atomic mass is 32.2. The zero-order valence-corrected chi connectivity index (χ0v) is 12.0. The minimum absolute atomic E-state index is 0.0424. The van der Waals surface area contributed by atoms with Gasteiger partial charge in [0.1, 0.15) is 11.4 Å². The molecule has 0 aromatic carbocycles. The van der Waals surface area contributed by atoms with Crippen molar-refractivity contribution in [1.29, 1.82) is 0 Å². The Morgan fingerprint density at radius 1 is 1.50 bits per heavy atom. The van der Waals surface area contributed by atoms with Crippen molar-refractivity contribution in [3.63, 3.8) is 0 Å². The van der Waals surface area contributed by atoms with E-state index < -0.39 is 23.0 Å². The SMILES string of the molecule is CN(C1CCNCC1)S(=O)(=O)c1cnn(CC(F)F)c1. The van der Waals surface area contributed by atoms with Crippen molar-refractivity contribution >= 4 is 10.0 Å². The highest BCUT2D eigenvalue weighted by molar-refractivity contribution is 7.89. The summed E-state index contributed by atoms with van der Waals surface area (Å²) in [5.74, 6) is 0. The fraction of sp³-hybridized carbons (Fsp3) is 0.727. The van der Waals surface area contributed by atoms with Crippen molar-refractivity contribution < 1.29 is 17.2 Å². The number of piperidine rings is 1. The number of hydrogen-bond donors (Lipinski definition) is 1. The zero-order chi connectivity index (χ0) is 14.8. The Morgan fingerprint density at radius 2 is 2.15 bits per heavy atom. The van der Waals surface area contributed by atoms with Gasteiger partial charge in [0.05, 0.1) is 6.20 Å². The first-order valence-electron chi connectivity index (χ1n) is 6.40. The molecule has 0 amide bonds. The number of alkyl halides is 2. The van der Waals surface area contributed by atoms with Crippen LogP contribution in [-0.4, -0.2) is 55.1 Å². The molecule has 0 spiro atoms. The van der Waals surface area contributed by atoms with Gasteiger partial charge in [-0.3, -0.25) is 4.68 Å². The number of halogens is 2. The summed E-state index contributed by atoms with van der Waals surface area (Å²) in [6.07, 6.45) is 1.18. The predicted molar refractivity (Wildman–Crippen MR) is 69.1 cm³/mol. The average molecular weight is 308 g/mol. The van der Waals surface area contributed by atoms with Crippen LogP contribution in [-0.2, 0) is 16.6 Å². The summed E-state index contributed by atoms with van der Waals surface area (Å²) in [6, 6.07) is -0.0697. The molecule has 0 bridgehead atoms. The van der Waals surface area contributed by atoms with Crippen molar-refractivity contribution in [2.45, 2.75) is 36.7 Å². The molecule has 1 aliphatic heterocycles. The lowest BCUT2D eigenvalue weighted by atomic mass is 10.1. The van der Waals surface area contributed by atoms with E-state index in [2.05, 4.69) is 10.4 Å². The summed E-state index contributed by atoms with van der Waals surface area (Å²) in [6.45, 7) is 0.941. The molecule has 9 heteroatoms. The summed E-state index contributed by atoms with van der Waals surface area (Å²) in [7, 11) is -2.15. The predicted octanol–water partition coefficient (Wildman–Crippen LogP) is 0.521. The standard InChI is InChI=1S/C11H18F2N4O2S/c1-16(9-2-4-14-5-3-9)20(18,19)10-6-15-17(7-10)8-11(12)13/h6-7,9,11,14H,2-5,8H2,1H3. The molecule has 2 rings (SSSR count). The summed E-state index contributed by atoms with van der Waals surface area (Å²) in [5.41, 5.74) is 0. The summed E-state index contributed by atoms with van der Waals surface area (Å²) < 4.78 is 51.6. The fourth-order valence-electron chi connectivity index (χ4n) is 2.25. The summed E-state index contributed by atoms with van der Waals surface area (Å²) in [4.78, 5) is -0.0424. The molecule has 20 heavy (non-hydrogen) atoms. The van der Waals surface area contributed by atoms with Gasteiger partial charge in [0, 0.05) is 19.3 Å². The van der Waals surface area contributed by atoms with Crippen LogP contribution in [0.1, 0.15) is 12.8 Å². The normalized spacial score (nSPS) is 18.1. The lowest BCUT2D eigenvalue weighted by Gasteiger charge is -2.30. The maximum atomic E-state index is 12.4. The van der Waals surface area contributed by atoms with Crippen LogP contribution in [0.2, 0.25) is 0 Å². The van der Waals surface area contributed by atoms with Crippen LogP contribution < -0.4 is 5.32 Å². The summed E-state index contributed by atoms with van der Waals surface area (Å²) in [5, 5.41) is 6.83. The molecule has 1 aliphatic rings. The minimum Gasteiger partial charge on any atom is -0.317 e. The van der Waals surface area contributed by atoms with Crippen molar-refractivity contribution in [3.05, 3.63) is 12.4 Å². The van der Waals surface area contributed by atoms with Crippen LogP contribution in [0.3, 0.4) is 0 Å². The van der Waals surface area contributed by atoms with Gasteiger partial charge in [-0.2, -0.15) is 9.40 Å². The number of nitrogens with zero attached hydrogens (tertiary/aromatic N) is 3. The largest absolute Gasteiger partial charge is 0.317 e. The molecule has 0 saturated carbocycles. The monoisotopic (exact) mass is 308 g/mol. The van der Waals surface area contributed by atoms with E-state index in [9.17, 15) is 17.2 Å². The van der Waals surface area contributed by atoms with Gasteiger partial charge in [-0.1, -0.05) is 0 Å². The first kappa shape index (κ1) is 15.3. The van der Waals surface area contributed by atoms with Gasteiger partial charge in [0.2, 0.25) is 10.0 Å². The number of aromatic nitrogens is 2. The number of nitrogens with one attached hydrogen (secondary N) is 1. The van der Waals surface area contributed by atoms with E-state index in [-0.39, 0.29) is 10.9 Å². The van der Waals surface area contributed by atoms with Gasteiger partial charge < -0.3 is 5.32 Å². The molecule has 0 unspecified atom stereocenters. The van der Waals surface area contributed by atoms with E-state index in [0.29, 0.717) is 0 Å². The highest BCUT2D eigenvalue weighted by Gasteiger charge is 2.30. The lowest BCUT2D eigenvalue weighted by Crippen LogP contribution is -2.43. The number of sulfonamides is 1. The Bertz CT molecular complexity index is 540. The van der Waals surface area contributed by atoms with Crippen LogP contribution in [0.15, 0.2) is 17.3 Å². The number of hydrogen-bond acceptors (Lipinski definition) is 4. The number of rotatable bonds is 5. The second-order valence-corrected chi connectivity index (χ2v) is 6.79. The minimum atomic E-state index is -3.68. The lowest BCUT2D eigenvalue weighted by molar-refractivity contribution is 0.121. The molecule has 2 heterocycles. The molecule has 0 radical (unpaired) electrons. The maximum absolute atomic E-state index is 12.4. The molecule has 1 fully saturated rings. The van der Waals surface area contributed by atoms with E-state index in [0.717, 1.165) is 43.0 Å². The van der Waals surface area contributed by atoms with Crippen LogP contribution in [0.25, 0.3) is 0 Å². The van der Waals surface area contributed by atoms with Crippen molar-refractivity contribution in [1.82, 2.24) is 19.4 Å². The second-order valence-electron chi connectivity index (χ2n) is 4.79. The van der Waals surface area contributed by atoms with Crippen molar-refractivity contribution in [2.24, 2.45) is 0 Å². The molecule has 1 aromatic rings. The van der Waals surface area contributed by atoms with Gasteiger partial charge in [0.15, 0.2) is 0 Å². The smallest absolute Gasteiger partial charge is 0.257 e. The molecule has 1 saturated heterocycles. The molecule has 114 valence electrons. The fourth-order valence-corrected chi connectivity index (χ4v) is 3.62. The van der Waals surface area contributed by atoms with E-state index in [4.69, 9.17) is 0 Å². The molecule has 6 nitrogen and oxygen atoms in total. The van der Waals surface area contributed by atoms with Gasteiger partial charge in [-0.25, -0.2) is 17.2 Å². The molecule has 1 aromatic heterocycles. The van der Waals surface area contributed by atoms with Crippen LogP contribution in [0, 0.1) is 0 Å². The molecular weight excluding hydrogens is 290 g/mol. The first-order chi connectivity index (χ1) is 9.41. The summed E-state index contributed by atoms with van der Waals surface area (Å²) >= 11 is 0. The first-order valence-corrected chi connectivity index (χ1v) is 7.84. The Labute approximate surface area is 116 Å². The van der Waals surface area contributed by atoms with Crippen LogP contribution in [0.5, 0.6) is 0 Å². The Kier molecular flexibility index (Phi) is 4.71. The molecule has 0 atom stereocenters. The zero-order valence-electron chi connectivity index (χ0n) is 11.2. The van der Waals surface area contributed by atoms with E-state index in [1.54, 1.807) is 0 Å². The van der Waals surface area contributed by atoms with Gasteiger partial charge in [0.25, 0.3) is 6.43 Å². The van der Waals surface area contributed by atoms with Crippen LogP contribution >= 0.6 is 0 Å². The Morgan fingerprint density at radius 3 is 2.75 bits per heavy atom.